The first-order chi connectivity index (χ1) is 20.4. The standard InChI is InChI=1S/C34H42N4O4S/c1-7-37(8-2)25-14-15-38(19-25)33(39)18-27-23(5)32(35-24(27)6)17-29-28-16-26(12-13-31(28)36-34(29)40)43(41,42)20-30-21(3)10-9-11-22(30)4/h9-13,16-17,25,35H,7-8,14-15,18-20H2,1-6H3,(H,36,40)/b29-17-. The summed E-state index contributed by atoms with van der Waals surface area (Å²) in [4.78, 5) is 34.3. The molecule has 0 spiro atoms. The van der Waals surface area contributed by atoms with Gasteiger partial charge in [0.1, 0.15) is 0 Å². The number of benzene rings is 2. The number of likely N-dealkylation sites (tertiary alicyclic amines) is 1. The molecular weight excluding hydrogens is 560 g/mol. The van der Waals surface area contributed by atoms with Crippen molar-refractivity contribution in [3.63, 3.8) is 0 Å². The molecule has 0 bridgehead atoms. The van der Waals surface area contributed by atoms with Crippen molar-refractivity contribution >= 4 is 39.0 Å². The number of likely N-dealkylation sites (N-methyl/N-ethyl adjacent to an activating group) is 1. The third kappa shape index (κ3) is 6.06. The number of carbonyl (C=O) groups is 2. The lowest BCUT2D eigenvalue weighted by Gasteiger charge is -2.26. The summed E-state index contributed by atoms with van der Waals surface area (Å²) in [5, 5.41) is 2.87. The fraction of sp³-hybridized carbons (Fsp3) is 0.412. The number of rotatable bonds is 9. The monoisotopic (exact) mass is 602 g/mol. The summed E-state index contributed by atoms with van der Waals surface area (Å²) in [6.07, 6.45) is 3.06. The molecule has 2 aliphatic rings. The van der Waals surface area contributed by atoms with Gasteiger partial charge in [0, 0.05) is 41.8 Å². The van der Waals surface area contributed by atoms with Gasteiger partial charge < -0.3 is 15.2 Å². The summed E-state index contributed by atoms with van der Waals surface area (Å²) >= 11 is 0. The van der Waals surface area contributed by atoms with Gasteiger partial charge in [-0.3, -0.25) is 14.5 Å². The van der Waals surface area contributed by atoms with Gasteiger partial charge in [0.05, 0.1) is 22.6 Å². The number of fused-ring (bicyclic) bond motifs is 1. The van der Waals surface area contributed by atoms with Crippen LogP contribution in [0.3, 0.4) is 0 Å². The first-order valence-corrected chi connectivity index (χ1v) is 16.7. The van der Waals surface area contributed by atoms with Crippen molar-refractivity contribution in [3.05, 3.63) is 81.2 Å². The number of H-pyrrole nitrogens is 1. The van der Waals surface area contributed by atoms with Crippen LogP contribution in [0.5, 0.6) is 0 Å². The Hall–Kier alpha value is -3.69. The Balaban J connectivity index is 1.39. The first-order valence-electron chi connectivity index (χ1n) is 15.1. The molecule has 1 atom stereocenters. The normalized spacial score (nSPS) is 17.7. The largest absolute Gasteiger partial charge is 0.359 e. The maximum atomic E-state index is 13.5. The average molecular weight is 603 g/mol. The maximum absolute atomic E-state index is 13.5. The molecule has 0 radical (unpaired) electrons. The second-order valence-corrected chi connectivity index (χ2v) is 13.8. The maximum Gasteiger partial charge on any atom is 0.256 e. The van der Waals surface area contributed by atoms with Crippen LogP contribution in [0.4, 0.5) is 5.69 Å². The number of hydrogen-bond donors (Lipinski definition) is 2. The van der Waals surface area contributed by atoms with Gasteiger partial charge in [0.25, 0.3) is 5.91 Å². The van der Waals surface area contributed by atoms with Crippen molar-refractivity contribution in [2.75, 3.05) is 31.5 Å². The van der Waals surface area contributed by atoms with Gasteiger partial charge in [0.2, 0.25) is 5.91 Å². The zero-order valence-corrected chi connectivity index (χ0v) is 26.8. The third-order valence-electron chi connectivity index (χ3n) is 9.20. The van der Waals surface area contributed by atoms with E-state index >= 15 is 0 Å². The molecule has 0 aliphatic carbocycles. The van der Waals surface area contributed by atoms with Crippen molar-refractivity contribution < 1.29 is 18.0 Å². The Morgan fingerprint density at radius 1 is 1.05 bits per heavy atom. The van der Waals surface area contributed by atoms with Crippen LogP contribution < -0.4 is 5.32 Å². The van der Waals surface area contributed by atoms with E-state index in [1.54, 1.807) is 24.3 Å². The van der Waals surface area contributed by atoms with Crippen LogP contribution in [-0.2, 0) is 31.6 Å². The van der Waals surface area contributed by atoms with Crippen molar-refractivity contribution in [2.24, 2.45) is 0 Å². The minimum Gasteiger partial charge on any atom is -0.359 e. The molecular formula is C34H42N4O4S. The Kier molecular flexibility index (Phi) is 8.68. The van der Waals surface area contributed by atoms with Gasteiger partial charge >= 0.3 is 0 Å². The summed E-state index contributed by atoms with van der Waals surface area (Å²) in [5.74, 6) is -0.283. The third-order valence-corrected chi connectivity index (χ3v) is 10.8. The van der Waals surface area contributed by atoms with E-state index in [4.69, 9.17) is 0 Å². The van der Waals surface area contributed by atoms with E-state index in [0.29, 0.717) is 29.3 Å². The molecule has 1 saturated heterocycles. The van der Waals surface area contributed by atoms with Crippen LogP contribution in [0.25, 0.3) is 11.6 Å². The van der Waals surface area contributed by atoms with Crippen LogP contribution in [0.2, 0.25) is 0 Å². The number of nitrogens with zero attached hydrogens (tertiary/aromatic N) is 2. The number of hydrogen-bond acceptors (Lipinski definition) is 5. The van der Waals surface area contributed by atoms with Crippen molar-refractivity contribution in [3.8, 4) is 0 Å². The number of nitrogens with one attached hydrogen (secondary N) is 2. The van der Waals surface area contributed by atoms with E-state index in [1.165, 1.54) is 0 Å². The van der Waals surface area contributed by atoms with E-state index in [2.05, 4.69) is 29.0 Å². The predicted molar refractivity (Wildman–Crippen MR) is 172 cm³/mol. The molecule has 8 nitrogen and oxygen atoms in total. The van der Waals surface area contributed by atoms with Crippen LogP contribution >= 0.6 is 0 Å². The van der Waals surface area contributed by atoms with Crippen molar-refractivity contribution in [2.45, 2.75) is 71.1 Å². The summed E-state index contributed by atoms with van der Waals surface area (Å²) in [7, 11) is -3.66. The van der Waals surface area contributed by atoms with E-state index in [1.807, 2.05) is 50.8 Å². The fourth-order valence-electron chi connectivity index (χ4n) is 6.49. The first kappa shape index (κ1) is 30.8. The molecule has 9 heteroatoms. The quantitative estimate of drug-likeness (QED) is 0.328. The fourth-order valence-corrected chi connectivity index (χ4v) is 8.07. The molecule has 43 heavy (non-hydrogen) atoms. The molecule has 0 saturated carbocycles. The number of amides is 2. The number of sulfone groups is 1. The van der Waals surface area contributed by atoms with E-state index < -0.39 is 9.84 Å². The Labute approximate surface area is 255 Å². The van der Waals surface area contributed by atoms with Crippen molar-refractivity contribution in [1.82, 2.24) is 14.8 Å². The van der Waals surface area contributed by atoms with Gasteiger partial charge in [-0.05, 0) is 99.3 Å². The number of carbonyl (C=O) groups excluding carboxylic acids is 2. The lowest BCUT2D eigenvalue weighted by atomic mass is 10.0. The highest BCUT2D eigenvalue weighted by molar-refractivity contribution is 7.90. The molecule has 3 aromatic rings. The van der Waals surface area contributed by atoms with E-state index in [9.17, 15) is 18.0 Å². The Morgan fingerprint density at radius 3 is 2.42 bits per heavy atom. The zero-order chi connectivity index (χ0) is 31.1. The smallest absolute Gasteiger partial charge is 0.256 e. The average Bonchev–Trinajstić information content (AvgIpc) is 3.64. The number of aromatic amines is 1. The molecule has 1 unspecified atom stereocenters. The lowest BCUT2D eigenvalue weighted by molar-refractivity contribution is -0.129. The SMILES string of the molecule is CCN(CC)C1CCN(C(=O)Cc2c(C)[nH]c(/C=C3\C(=O)Nc4ccc(S(=O)(=O)Cc5c(C)cccc5C)cc43)c2C)C1. The molecule has 1 aromatic heterocycles. The van der Waals surface area contributed by atoms with Crippen LogP contribution in [0.15, 0.2) is 41.3 Å². The topological polar surface area (TPSA) is 103 Å². The number of anilines is 1. The second kappa shape index (κ2) is 12.1. The van der Waals surface area contributed by atoms with Gasteiger partial charge in [0.15, 0.2) is 9.84 Å². The Morgan fingerprint density at radius 2 is 1.74 bits per heavy atom. The summed E-state index contributed by atoms with van der Waals surface area (Å²) in [6, 6.07) is 11.0. The molecule has 228 valence electrons. The number of aromatic nitrogens is 1. The minimum atomic E-state index is -3.66. The molecule has 5 rings (SSSR count). The predicted octanol–water partition coefficient (Wildman–Crippen LogP) is 5.20. The highest BCUT2D eigenvalue weighted by atomic mass is 32.2. The van der Waals surface area contributed by atoms with Crippen LogP contribution in [-0.4, -0.2) is 67.2 Å². The summed E-state index contributed by atoms with van der Waals surface area (Å²) in [6.45, 7) is 15.5. The van der Waals surface area contributed by atoms with Gasteiger partial charge in [-0.1, -0.05) is 32.0 Å². The summed E-state index contributed by atoms with van der Waals surface area (Å²) in [5.41, 5.74) is 7.67. The molecule has 3 heterocycles. The molecule has 2 aliphatic heterocycles. The number of aryl methyl sites for hydroxylation is 3. The van der Waals surface area contributed by atoms with Gasteiger partial charge in [-0.2, -0.15) is 0 Å². The second-order valence-electron chi connectivity index (χ2n) is 11.8. The van der Waals surface area contributed by atoms with Crippen LogP contribution in [0.1, 0.15) is 65.0 Å². The van der Waals surface area contributed by atoms with Gasteiger partial charge in [-0.15, -0.1) is 0 Å². The molecule has 2 N–H and O–H groups in total. The zero-order valence-electron chi connectivity index (χ0n) is 26.0. The highest BCUT2D eigenvalue weighted by Gasteiger charge is 2.31. The minimum absolute atomic E-state index is 0.107. The molecule has 1 fully saturated rings. The van der Waals surface area contributed by atoms with Gasteiger partial charge in [-0.25, -0.2) is 8.42 Å². The van der Waals surface area contributed by atoms with E-state index in [-0.39, 0.29) is 22.5 Å². The molecule has 2 aromatic carbocycles. The molecule has 2 amide bonds. The Bertz CT molecular complexity index is 1700. The van der Waals surface area contributed by atoms with Crippen molar-refractivity contribution in [1.29, 1.82) is 0 Å². The van der Waals surface area contributed by atoms with Crippen LogP contribution in [0, 0.1) is 27.7 Å². The lowest BCUT2D eigenvalue weighted by Crippen LogP contribution is -2.39. The summed E-state index contributed by atoms with van der Waals surface area (Å²) < 4.78 is 27.0. The van der Waals surface area contributed by atoms with E-state index in [0.717, 1.165) is 71.8 Å². The highest BCUT2D eigenvalue weighted by Crippen LogP contribution is 2.36.